The lowest BCUT2D eigenvalue weighted by atomic mass is 10.3. The van der Waals surface area contributed by atoms with E-state index < -0.39 is 6.10 Å². The van der Waals surface area contributed by atoms with Gasteiger partial charge in [0.25, 0.3) is 5.91 Å². The van der Waals surface area contributed by atoms with Crippen LogP contribution in [0.25, 0.3) is 0 Å². The van der Waals surface area contributed by atoms with E-state index in [0.717, 1.165) is 6.42 Å². The Labute approximate surface area is 95.4 Å². The van der Waals surface area contributed by atoms with Gasteiger partial charge in [0.2, 0.25) is 0 Å². The Balaban J connectivity index is 1.97. The summed E-state index contributed by atoms with van der Waals surface area (Å²) >= 11 is 0. The fourth-order valence-corrected chi connectivity index (χ4v) is 1.32. The van der Waals surface area contributed by atoms with Crippen LogP contribution in [0.5, 0.6) is 0 Å². The maximum atomic E-state index is 11.5. The third-order valence-electron chi connectivity index (χ3n) is 2.14. The summed E-state index contributed by atoms with van der Waals surface area (Å²) in [5.41, 5.74) is 5.26. The minimum absolute atomic E-state index is 0.112. The van der Waals surface area contributed by atoms with Gasteiger partial charge < -0.3 is 25.3 Å². The van der Waals surface area contributed by atoms with Crippen molar-refractivity contribution < 1.29 is 19.0 Å². The summed E-state index contributed by atoms with van der Waals surface area (Å²) in [4.78, 5) is 11.5. The Morgan fingerprint density at radius 3 is 3.00 bits per heavy atom. The molecule has 1 rings (SSSR count). The second kappa shape index (κ2) is 8.46. The maximum absolute atomic E-state index is 11.5. The van der Waals surface area contributed by atoms with Crippen molar-refractivity contribution in [1.82, 2.24) is 5.32 Å². The first-order chi connectivity index (χ1) is 7.84. The topological polar surface area (TPSA) is 82.8 Å². The fourth-order valence-electron chi connectivity index (χ4n) is 1.32. The van der Waals surface area contributed by atoms with E-state index in [9.17, 15) is 4.79 Å². The Kier molecular flexibility index (Phi) is 7.07. The molecule has 1 atom stereocenters. The molecule has 0 aromatic heterocycles. The summed E-state index contributed by atoms with van der Waals surface area (Å²) in [5.74, 6) is -0.112. The van der Waals surface area contributed by atoms with Crippen molar-refractivity contribution in [2.24, 2.45) is 5.73 Å². The van der Waals surface area contributed by atoms with Crippen molar-refractivity contribution in [3.63, 3.8) is 0 Å². The van der Waals surface area contributed by atoms with Crippen molar-refractivity contribution in [2.75, 3.05) is 46.1 Å². The van der Waals surface area contributed by atoms with Crippen molar-refractivity contribution >= 4 is 5.91 Å². The third-order valence-corrected chi connectivity index (χ3v) is 2.14. The van der Waals surface area contributed by atoms with Crippen LogP contribution in [-0.2, 0) is 19.0 Å². The molecule has 0 aromatic rings. The SMILES string of the molecule is NCCOCCCNC(=O)C1COCCO1. The number of hydrogen-bond acceptors (Lipinski definition) is 5. The number of carbonyl (C=O) groups is 1. The highest BCUT2D eigenvalue weighted by Crippen LogP contribution is 2.00. The van der Waals surface area contributed by atoms with E-state index in [1.807, 2.05) is 0 Å². The lowest BCUT2D eigenvalue weighted by Crippen LogP contribution is -2.43. The normalized spacial score (nSPS) is 20.7. The number of amides is 1. The predicted molar refractivity (Wildman–Crippen MR) is 58.1 cm³/mol. The molecule has 0 radical (unpaired) electrons. The number of hydrogen-bond donors (Lipinski definition) is 2. The van der Waals surface area contributed by atoms with Gasteiger partial charge in [0.1, 0.15) is 0 Å². The van der Waals surface area contributed by atoms with Gasteiger partial charge in [0.05, 0.1) is 26.4 Å². The van der Waals surface area contributed by atoms with Crippen LogP contribution < -0.4 is 11.1 Å². The molecule has 6 nitrogen and oxygen atoms in total. The average Bonchev–Trinajstić information content (AvgIpc) is 2.34. The van der Waals surface area contributed by atoms with Crippen LogP contribution in [0.2, 0.25) is 0 Å². The van der Waals surface area contributed by atoms with Gasteiger partial charge in [0.15, 0.2) is 6.10 Å². The smallest absolute Gasteiger partial charge is 0.251 e. The second-order valence-electron chi connectivity index (χ2n) is 3.48. The molecule has 0 saturated carbocycles. The quantitative estimate of drug-likeness (QED) is 0.543. The van der Waals surface area contributed by atoms with Gasteiger partial charge in [-0.3, -0.25) is 4.79 Å². The summed E-state index contributed by atoms with van der Waals surface area (Å²) in [6.07, 6.45) is 0.318. The Hall–Kier alpha value is -0.690. The number of nitrogens with one attached hydrogen (secondary N) is 1. The van der Waals surface area contributed by atoms with Gasteiger partial charge in [-0.15, -0.1) is 0 Å². The number of nitrogens with two attached hydrogens (primary N) is 1. The van der Waals surface area contributed by atoms with E-state index in [1.165, 1.54) is 0 Å². The Morgan fingerprint density at radius 1 is 1.44 bits per heavy atom. The Morgan fingerprint density at radius 2 is 2.31 bits per heavy atom. The average molecular weight is 232 g/mol. The molecule has 1 aliphatic heterocycles. The molecule has 94 valence electrons. The number of carbonyl (C=O) groups excluding carboxylic acids is 1. The van der Waals surface area contributed by atoms with Gasteiger partial charge in [-0.25, -0.2) is 0 Å². The first-order valence-electron chi connectivity index (χ1n) is 5.59. The second-order valence-corrected chi connectivity index (χ2v) is 3.48. The van der Waals surface area contributed by atoms with E-state index >= 15 is 0 Å². The molecule has 0 spiro atoms. The van der Waals surface area contributed by atoms with Crippen molar-refractivity contribution in [3.05, 3.63) is 0 Å². The predicted octanol–water partition coefficient (Wildman–Crippen LogP) is -1.12. The van der Waals surface area contributed by atoms with Crippen LogP contribution in [0.4, 0.5) is 0 Å². The zero-order valence-electron chi connectivity index (χ0n) is 9.44. The summed E-state index contributed by atoms with van der Waals surface area (Å²) in [6, 6.07) is 0. The molecule has 0 bridgehead atoms. The largest absolute Gasteiger partial charge is 0.380 e. The van der Waals surface area contributed by atoms with E-state index in [0.29, 0.717) is 46.1 Å². The standard InChI is InChI=1S/C10H20N2O4/c11-2-5-14-4-1-3-12-10(13)9-8-15-6-7-16-9/h9H,1-8,11H2,(H,12,13). The molecular formula is C10H20N2O4. The highest BCUT2D eigenvalue weighted by atomic mass is 16.6. The molecule has 16 heavy (non-hydrogen) atoms. The van der Waals surface area contributed by atoms with Crippen molar-refractivity contribution in [1.29, 1.82) is 0 Å². The third kappa shape index (κ3) is 5.41. The molecule has 1 unspecified atom stereocenters. The lowest BCUT2D eigenvalue weighted by molar-refractivity contribution is -0.147. The van der Waals surface area contributed by atoms with Crippen LogP contribution in [0.1, 0.15) is 6.42 Å². The van der Waals surface area contributed by atoms with Crippen molar-refractivity contribution in [2.45, 2.75) is 12.5 Å². The molecular weight excluding hydrogens is 212 g/mol. The molecule has 6 heteroatoms. The molecule has 1 aliphatic rings. The lowest BCUT2D eigenvalue weighted by Gasteiger charge is -2.21. The molecule has 1 fully saturated rings. The van der Waals surface area contributed by atoms with Gasteiger partial charge >= 0.3 is 0 Å². The first kappa shape index (κ1) is 13.4. The van der Waals surface area contributed by atoms with E-state index in [-0.39, 0.29) is 5.91 Å². The summed E-state index contributed by atoms with van der Waals surface area (Å²) in [7, 11) is 0. The van der Waals surface area contributed by atoms with Gasteiger partial charge in [-0.2, -0.15) is 0 Å². The molecule has 1 amide bonds. The zero-order valence-corrected chi connectivity index (χ0v) is 9.44. The zero-order chi connectivity index (χ0) is 11.6. The monoisotopic (exact) mass is 232 g/mol. The Bertz CT molecular complexity index is 195. The van der Waals surface area contributed by atoms with Crippen LogP contribution in [0.3, 0.4) is 0 Å². The van der Waals surface area contributed by atoms with E-state index in [2.05, 4.69) is 5.32 Å². The van der Waals surface area contributed by atoms with Gasteiger partial charge in [-0.05, 0) is 6.42 Å². The van der Waals surface area contributed by atoms with E-state index in [1.54, 1.807) is 0 Å². The number of ether oxygens (including phenoxy) is 3. The minimum atomic E-state index is -0.460. The summed E-state index contributed by atoms with van der Waals surface area (Å²) < 4.78 is 15.6. The summed E-state index contributed by atoms with van der Waals surface area (Å²) in [5, 5.41) is 2.77. The van der Waals surface area contributed by atoms with Crippen molar-refractivity contribution in [3.8, 4) is 0 Å². The number of rotatable bonds is 7. The van der Waals surface area contributed by atoms with E-state index in [4.69, 9.17) is 19.9 Å². The van der Waals surface area contributed by atoms with Crippen LogP contribution in [-0.4, -0.2) is 58.1 Å². The van der Waals surface area contributed by atoms with Crippen LogP contribution >= 0.6 is 0 Å². The molecule has 1 saturated heterocycles. The minimum Gasteiger partial charge on any atom is -0.380 e. The molecule has 0 aliphatic carbocycles. The fraction of sp³-hybridized carbons (Fsp3) is 0.900. The van der Waals surface area contributed by atoms with Gasteiger partial charge in [-0.1, -0.05) is 0 Å². The highest BCUT2D eigenvalue weighted by Gasteiger charge is 2.21. The summed E-state index contributed by atoms with van der Waals surface area (Å²) in [6.45, 7) is 3.68. The van der Waals surface area contributed by atoms with Crippen LogP contribution in [0, 0.1) is 0 Å². The molecule has 1 heterocycles. The van der Waals surface area contributed by atoms with Crippen LogP contribution in [0.15, 0.2) is 0 Å². The van der Waals surface area contributed by atoms with Gasteiger partial charge in [0, 0.05) is 19.7 Å². The maximum Gasteiger partial charge on any atom is 0.251 e. The first-order valence-corrected chi connectivity index (χ1v) is 5.59. The molecule has 0 aromatic carbocycles. The highest BCUT2D eigenvalue weighted by molar-refractivity contribution is 5.80. The molecule has 3 N–H and O–H groups in total.